The van der Waals surface area contributed by atoms with Crippen molar-refractivity contribution in [3.05, 3.63) is 33.6 Å². The van der Waals surface area contributed by atoms with Gasteiger partial charge in [0.25, 0.3) is 5.69 Å². The van der Waals surface area contributed by atoms with Crippen LogP contribution in [0.4, 0.5) is 23.2 Å². The van der Waals surface area contributed by atoms with Gasteiger partial charge in [-0.05, 0) is 13.0 Å². The Kier molecular flexibility index (Phi) is 3.02. The zero-order chi connectivity index (χ0) is 12.5. The predicted molar refractivity (Wildman–Crippen MR) is 44.5 cm³/mol. The van der Waals surface area contributed by atoms with E-state index in [9.17, 15) is 27.7 Å². The fourth-order valence-corrected chi connectivity index (χ4v) is 1.09. The zero-order valence-corrected chi connectivity index (χ0v) is 7.84. The Morgan fingerprint density at radius 1 is 1.38 bits per heavy atom. The van der Waals surface area contributed by atoms with Gasteiger partial charge in [-0.1, -0.05) is 0 Å². The summed E-state index contributed by atoms with van der Waals surface area (Å²) in [5.74, 6) is -2.48. The van der Waals surface area contributed by atoms with Crippen molar-refractivity contribution in [2.45, 2.75) is 13.3 Å². The molecule has 0 fully saturated rings. The maximum Gasteiger partial charge on any atom is 0.573 e. The second-order valence-corrected chi connectivity index (χ2v) is 2.83. The molecular formula is C8H5F4NO3. The van der Waals surface area contributed by atoms with E-state index in [1.807, 2.05) is 0 Å². The summed E-state index contributed by atoms with van der Waals surface area (Å²) in [7, 11) is 0. The predicted octanol–water partition coefficient (Wildman–Crippen LogP) is 2.94. The van der Waals surface area contributed by atoms with Crippen molar-refractivity contribution in [2.75, 3.05) is 0 Å². The number of hydrogen-bond acceptors (Lipinski definition) is 3. The summed E-state index contributed by atoms with van der Waals surface area (Å²) in [5.41, 5.74) is -1.15. The summed E-state index contributed by atoms with van der Waals surface area (Å²) in [6.07, 6.45) is -5.10. The molecule has 4 nitrogen and oxygen atoms in total. The lowest BCUT2D eigenvalue weighted by Gasteiger charge is -2.11. The van der Waals surface area contributed by atoms with Crippen molar-refractivity contribution in [3.63, 3.8) is 0 Å². The number of nitro benzene ring substituents is 1. The maximum absolute atomic E-state index is 13.0. The summed E-state index contributed by atoms with van der Waals surface area (Å²) in [6, 6.07) is 1.32. The molecule has 16 heavy (non-hydrogen) atoms. The average molecular weight is 239 g/mol. The molecule has 0 radical (unpaired) electrons. The first-order valence-electron chi connectivity index (χ1n) is 3.91. The lowest BCUT2D eigenvalue weighted by Crippen LogP contribution is -2.19. The van der Waals surface area contributed by atoms with E-state index in [0.717, 1.165) is 13.0 Å². The van der Waals surface area contributed by atoms with Gasteiger partial charge in [0.1, 0.15) is 0 Å². The van der Waals surface area contributed by atoms with Gasteiger partial charge in [0.15, 0.2) is 11.6 Å². The van der Waals surface area contributed by atoms with Crippen molar-refractivity contribution in [1.82, 2.24) is 0 Å². The van der Waals surface area contributed by atoms with Crippen molar-refractivity contribution in [3.8, 4) is 5.75 Å². The Morgan fingerprint density at radius 2 is 1.94 bits per heavy atom. The van der Waals surface area contributed by atoms with Crippen LogP contribution in [0.2, 0.25) is 0 Å². The second kappa shape index (κ2) is 3.95. The molecule has 0 bridgehead atoms. The fraction of sp³-hybridized carbons (Fsp3) is 0.250. The fourth-order valence-electron chi connectivity index (χ4n) is 1.09. The second-order valence-electron chi connectivity index (χ2n) is 2.83. The molecule has 0 atom stereocenters. The summed E-state index contributed by atoms with van der Waals surface area (Å²) >= 11 is 0. The Labute approximate surface area is 86.6 Å². The van der Waals surface area contributed by atoms with Gasteiger partial charge in [0.05, 0.1) is 10.5 Å². The van der Waals surface area contributed by atoms with E-state index < -0.39 is 34.1 Å². The van der Waals surface area contributed by atoms with Crippen LogP contribution in [0.3, 0.4) is 0 Å². The molecule has 0 amide bonds. The van der Waals surface area contributed by atoms with E-state index in [4.69, 9.17) is 0 Å². The third kappa shape index (κ3) is 2.59. The van der Waals surface area contributed by atoms with Crippen molar-refractivity contribution < 1.29 is 27.2 Å². The first-order valence-corrected chi connectivity index (χ1v) is 3.91. The van der Waals surface area contributed by atoms with Crippen LogP contribution in [0.25, 0.3) is 0 Å². The molecule has 1 rings (SSSR count). The van der Waals surface area contributed by atoms with Crippen molar-refractivity contribution in [1.29, 1.82) is 0 Å². The van der Waals surface area contributed by atoms with Crippen LogP contribution < -0.4 is 4.74 Å². The third-order valence-corrected chi connectivity index (χ3v) is 1.74. The minimum atomic E-state index is -5.10. The van der Waals surface area contributed by atoms with Gasteiger partial charge in [-0.15, -0.1) is 13.2 Å². The Balaban J connectivity index is 3.27. The van der Waals surface area contributed by atoms with Crippen LogP contribution in [0, 0.1) is 22.9 Å². The normalized spacial score (nSPS) is 11.3. The lowest BCUT2D eigenvalue weighted by atomic mass is 10.2. The van der Waals surface area contributed by atoms with Gasteiger partial charge >= 0.3 is 6.36 Å². The molecule has 0 saturated carbocycles. The summed E-state index contributed by atoms with van der Waals surface area (Å²) in [5, 5.41) is 10.4. The molecule has 0 aliphatic heterocycles. The van der Waals surface area contributed by atoms with E-state index in [1.165, 1.54) is 0 Å². The molecule has 88 valence electrons. The minimum absolute atomic E-state index is 0.512. The van der Waals surface area contributed by atoms with Gasteiger partial charge < -0.3 is 4.74 Å². The van der Waals surface area contributed by atoms with E-state index >= 15 is 0 Å². The number of nitrogens with zero attached hydrogens (tertiary/aromatic N) is 1. The molecule has 0 saturated heterocycles. The molecule has 0 aromatic heterocycles. The monoisotopic (exact) mass is 239 g/mol. The van der Waals surface area contributed by atoms with E-state index in [2.05, 4.69) is 4.74 Å². The van der Waals surface area contributed by atoms with Crippen LogP contribution in [-0.4, -0.2) is 11.3 Å². The molecule has 0 unspecified atom stereocenters. The van der Waals surface area contributed by atoms with Gasteiger partial charge in [0, 0.05) is 6.07 Å². The zero-order valence-electron chi connectivity index (χ0n) is 7.84. The van der Waals surface area contributed by atoms with Crippen molar-refractivity contribution >= 4 is 5.69 Å². The Morgan fingerprint density at radius 3 is 2.38 bits per heavy atom. The topological polar surface area (TPSA) is 52.4 Å². The van der Waals surface area contributed by atoms with E-state index in [-0.39, 0.29) is 0 Å². The quantitative estimate of drug-likeness (QED) is 0.453. The SMILES string of the molecule is Cc1c([N+](=O)[O-])ccc(F)c1OC(F)(F)F. The molecule has 1 aromatic carbocycles. The first kappa shape index (κ1) is 12.2. The highest BCUT2D eigenvalue weighted by molar-refractivity contribution is 5.49. The van der Waals surface area contributed by atoms with Gasteiger partial charge in [0.2, 0.25) is 0 Å². The summed E-state index contributed by atoms with van der Waals surface area (Å²) in [6.45, 7) is 0.974. The minimum Gasteiger partial charge on any atom is -0.402 e. The van der Waals surface area contributed by atoms with Crippen molar-refractivity contribution in [2.24, 2.45) is 0 Å². The third-order valence-electron chi connectivity index (χ3n) is 1.74. The number of ether oxygens (including phenoxy) is 1. The molecule has 8 heteroatoms. The highest BCUT2D eigenvalue weighted by atomic mass is 19.4. The highest BCUT2D eigenvalue weighted by Gasteiger charge is 2.34. The van der Waals surface area contributed by atoms with E-state index in [0.29, 0.717) is 6.07 Å². The molecule has 0 N–H and O–H groups in total. The highest BCUT2D eigenvalue weighted by Crippen LogP contribution is 2.33. The molecule has 0 aliphatic carbocycles. The summed E-state index contributed by atoms with van der Waals surface area (Å²) in [4.78, 5) is 9.48. The average Bonchev–Trinajstić information content (AvgIpc) is 2.10. The molecule has 0 heterocycles. The number of alkyl halides is 3. The Hall–Kier alpha value is -1.86. The van der Waals surface area contributed by atoms with Gasteiger partial charge in [-0.3, -0.25) is 10.1 Å². The molecule has 0 aliphatic rings. The van der Waals surface area contributed by atoms with Crippen LogP contribution in [0.5, 0.6) is 5.75 Å². The Bertz CT molecular complexity index is 430. The van der Waals surface area contributed by atoms with Gasteiger partial charge in [-0.2, -0.15) is 0 Å². The summed E-state index contributed by atoms with van der Waals surface area (Å²) < 4.78 is 52.0. The van der Waals surface area contributed by atoms with Crippen LogP contribution in [0.1, 0.15) is 5.56 Å². The number of halogens is 4. The van der Waals surface area contributed by atoms with Gasteiger partial charge in [-0.25, -0.2) is 4.39 Å². The van der Waals surface area contributed by atoms with Crippen LogP contribution in [-0.2, 0) is 0 Å². The lowest BCUT2D eigenvalue weighted by molar-refractivity contribution is -0.385. The molecular weight excluding hydrogens is 234 g/mol. The standard InChI is InChI=1S/C8H5F4NO3/c1-4-6(13(14)15)3-2-5(9)7(4)16-8(10,11)12/h2-3H,1H3. The number of hydrogen-bond donors (Lipinski definition) is 0. The number of nitro groups is 1. The first-order chi connectivity index (χ1) is 7.22. The van der Waals surface area contributed by atoms with Crippen LogP contribution in [0.15, 0.2) is 12.1 Å². The largest absolute Gasteiger partial charge is 0.573 e. The smallest absolute Gasteiger partial charge is 0.402 e. The van der Waals surface area contributed by atoms with E-state index in [1.54, 1.807) is 0 Å². The molecule has 0 spiro atoms. The van der Waals surface area contributed by atoms with Crippen LogP contribution >= 0.6 is 0 Å². The molecule has 1 aromatic rings. The maximum atomic E-state index is 13.0. The number of rotatable bonds is 2. The number of benzene rings is 1.